The number of carboxylic acids is 1. The van der Waals surface area contributed by atoms with E-state index < -0.39 is 5.97 Å². The van der Waals surface area contributed by atoms with E-state index in [-0.39, 0.29) is 18.2 Å². The Kier molecular flexibility index (Phi) is 7.41. The number of thioether (sulfide) groups is 1. The molecule has 0 aromatic heterocycles. The maximum absolute atomic E-state index is 12.5. The number of allylic oxidation sites excluding steroid dienone is 1. The van der Waals surface area contributed by atoms with E-state index in [1.54, 1.807) is 0 Å². The number of aliphatic carboxylic acids is 1. The second kappa shape index (κ2) is 9.33. The van der Waals surface area contributed by atoms with Gasteiger partial charge in [-0.2, -0.15) is 0 Å². The van der Waals surface area contributed by atoms with Crippen LogP contribution in [0.4, 0.5) is 0 Å². The van der Waals surface area contributed by atoms with Crippen LogP contribution in [-0.2, 0) is 16.0 Å². The van der Waals surface area contributed by atoms with Crippen LogP contribution in [0.3, 0.4) is 0 Å². The molecular formula is C20H25NO3S2. The summed E-state index contributed by atoms with van der Waals surface area (Å²) in [7, 11) is 0. The summed E-state index contributed by atoms with van der Waals surface area (Å²) < 4.78 is 0.514. The zero-order chi connectivity index (χ0) is 19.3. The van der Waals surface area contributed by atoms with Crippen molar-refractivity contribution in [2.75, 3.05) is 6.54 Å². The maximum Gasteiger partial charge on any atom is 0.303 e. The van der Waals surface area contributed by atoms with Gasteiger partial charge in [0.2, 0.25) is 0 Å². The van der Waals surface area contributed by atoms with Gasteiger partial charge in [0.15, 0.2) is 0 Å². The Morgan fingerprint density at radius 3 is 2.50 bits per heavy atom. The Balaban J connectivity index is 1.96. The zero-order valence-corrected chi connectivity index (χ0v) is 17.0. The first-order valence-corrected chi connectivity index (χ1v) is 10.1. The molecule has 0 bridgehead atoms. The molecule has 2 rings (SSSR count). The van der Waals surface area contributed by atoms with Crippen molar-refractivity contribution >= 4 is 40.2 Å². The lowest BCUT2D eigenvalue weighted by molar-refractivity contribution is -0.137. The third kappa shape index (κ3) is 5.68. The van der Waals surface area contributed by atoms with Crippen LogP contribution >= 0.6 is 24.0 Å². The molecule has 1 amide bonds. The first-order valence-electron chi connectivity index (χ1n) is 8.84. The van der Waals surface area contributed by atoms with Crippen molar-refractivity contribution in [3.63, 3.8) is 0 Å². The van der Waals surface area contributed by atoms with Crippen LogP contribution in [0.15, 0.2) is 35.2 Å². The Morgan fingerprint density at radius 1 is 1.27 bits per heavy atom. The first kappa shape index (κ1) is 20.6. The number of carbonyl (C=O) groups excluding carboxylic acids is 1. The van der Waals surface area contributed by atoms with Crippen LogP contribution in [0.5, 0.6) is 0 Å². The molecule has 4 nitrogen and oxygen atoms in total. The van der Waals surface area contributed by atoms with Gasteiger partial charge in [-0.3, -0.25) is 14.5 Å². The van der Waals surface area contributed by atoms with Gasteiger partial charge < -0.3 is 5.11 Å². The summed E-state index contributed by atoms with van der Waals surface area (Å²) in [6, 6.07) is 8.62. The molecule has 140 valence electrons. The average molecular weight is 392 g/mol. The number of thiocarbonyl (C=S) groups is 1. The number of rotatable bonds is 8. The minimum absolute atomic E-state index is 0.0406. The van der Waals surface area contributed by atoms with Gasteiger partial charge in [0.1, 0.15) is 4.32 Å². The molecule has 26 heavy (non-hydrogen) atoms. The van der Waals surface area contributed by atoms with Crippen molar-refractivity contribution in [2.24, 2.45) is 5.92 Å². The summed E-state index contributed by atoms with van der Waals surface area (Å²) in [5.74, 6) is -0.229. The van der Waals surface area contributed by atoms with E-state index in [0.29, 0.717) is 28.1 Å². The second-order valence-electron chi connectivity index (χ2n) is 6.93. The summed E-state index contributed by atoms with van der Waals surface area (Å²) >= 11 is 6.58. The molecule has 1 heterocycles. The molecule has 0 radical (unpaired) electrons. The standard InChI is InChI=1S/C20H25NO3S2/c1-13(2)16-8-6-15(7-9-16)11-14(3)12-17-19(24)21(20(25)26-17)10-4-5-18(22)23/h6-9,12-14H,4-5,10-11H2,1-3H3,(H,22,23)/b17-12-. The Hall–Kier alpha value is -1.66. The van der Waals surface area contributed by atoms with Crippen molar-refractivity contribution in [3.05, 3.63) is 46.4 Å². The van der Waals surface area contributed by atoms with E-state index in [2.05, 4.69) is 45.0 Å². The summed E-state index contributed by atoms with van der Waals surface area (Å²) in [6.45, 7) is 6.80. The lowest BCUT2D eigenvalue weighted by Crippen LogP contribution is -2.29. The van der Waals surface area contributed by atoms with Gasteiger partial charge in [0, 0.05) is 13.0 Å². The number of carbonyl (C=O) groups is 2. The molecule has 1 fully saturated rings. The fourth-order valence-electron chi connectivity index (χ4n) is 2.82. The quantitative estimate of drug-likeness (QED) is 0.518. The van der Waals surface area contributed by atoms with Crippen LogP contribution in [-0.4, -0.2) is 32.7 Å². The molecule has 1 atom stereocenters. The third-order valence-electron chi connectivity index (χ3n) is 4.29. The van der Waals surface area contributed by atoms with E-state index >= 15 is 0 Å². The highest BCUT2D eigenvalue weighted by Crippen LogP contribution is 2.32. The van der Waals surface area contributed by atoms with Crippen molar-refractivity contribution in [1.82, 2.24) is 4.90 Å². The summed E-state index contributed by atoms with van der Waals surface area (Å²) in [5.41, 5.74) is 2.57. The van der Waals surface area contributed by atoms with Crippen molar-refractivity contribution in [3.8, 4) is 0 Å². The molecule has 1 saturated heterocycles. The fraction of sp³-hybridized carbons (Fsp3) is 0.450. The summed E-state index contributed by atoms with van der Waals surface area (Å²) in [6.07, 6.45) is 3.29. The third-order valence-corrected chi connectivity index (χ3v) is 5.68. The van der Waals surface area contributed by atoms with Crippen LogP contribution in [0.25, 0.3) is 0 Å². The predicted molar refractivity (Wildman–Crippen MR) is 110 cm³/mol. The Morgan fingerprint density at radius 2 is 1.92 bits per heavy atom. The molecule has 0 spiro atoms. The number of hydrogen-bond donors (Lipinski definition) is 1. The normalized spacial score (nSPS) is 17.4. The topological polar surface area (TPSA) is 57.6 Å². The van der Waals surface area contributed by atoms with Gasteiger partial charge in [-0.05, 0) is 35.8 Å². The van der Waals surface area contributed by atoms with Crippen molar-refractivity contribution in [2.45, 2.75) is 46.0 Å². The first-order chi connectivity index (χ1) is 12.3. The number of benzene rings is 1. The van der Waals surface area contributed by atoms with E-state index in [1.165, 1.54) is 27.8 Å². The van der Waals surface area contributed by atoms with Gasteiger partial charge in [-0.1, -0.05) is 75.1 Å². The molecule has 1 aromatic rings. The van der Waals surface area contributed by atoms with Gasteiger partial charge in [-0.15, -0.1) is 0 Å². The van der Waals surface area contributed by atoms with Crippen LogP contribution in [0.2, 0.25) is 0 Å². The highest BCUT2D eigenvalue weighted by Gasteiger charge is 2.31. The van der Waals surface area contributed by atoms with Crippen LogP contribution < -0.4 is 0 Å². The van der Waals surface area contributed by atoms with Crippen molar-refractivity contribution < 1.29 is 14.7 Å². The average Bonchev–Trinajstić information content (AvgIpc) is 2.82. The lowest BCUT2D eigenvalue weighted by atomic mass is 9.97. The number of amides is 1. The molecule has 1 N–H and O–H groups in total. The molecule has 1 aromatic carbocycles. The molecule has 1 aliphatic rings. The molecule has 1 aliphatic heterocycles. The zero-order valence-electron chi connectivity index (χ0n) is 15.4. The van der Waals surface area contributed by atoms with E-state index in [4.69, 9.17) is 17.3 Å². The molecule has 1 unspecified atom stereocenters. The van der Waals surface area contributed by atoms with E-state index in [1.807, 2.05) is 6.08 Å². The highest BCUT2D eigenvalue weighted by atomic mass is 32.2. The highest BCUT2D eigenvalue weighted by molar-refractivity contribution is 8.26. The van der Waals surface area contributed by atoms with Gasteiger partial charge in [-0.25, -0.2) is 0 Å². The fourth-order valence-corrected chi connectivity index (χ4v) is 4.24. The lowest BCUT2D eigenvalue weighted by Gasteiger charge is -2.13. The largest absolute Gasteiger partial charge is 0.481 e. The van der Waals surface area contributed by atoms with Crippen LogP contribution in [0, 0.1) is 5.92 Å². The Bertz CT molecular complexity index is 710. The molecule has 0 aliphatic carbocycles. The monoisotopic (exact) mass is 391 g/mol. The number of hydrogen-bond acceptors (Lipinski definition) is 4. The maximum atomic E-state index is 12.5. The van der Waals surface area contributed by atoms with Gasteiger partial charge in [0.25, 0.3) is 5.91 Å². The van der Waals surface area contributed by atoms with Crippen molar-refractivity contribution in [1.29, 1.82) is 0 Å². The number of nitrogens with zero attached hydrogens (tertiary/aromatic N) is 1. The van der Waals surface area contributed by atoms with Gasteiger partial charge >= 0.3 is 5.97 Å². The second-order valence-corrected chi connectivity index (χ2v) is 8.61. The summed E-state index contributed by atoms with van der Waals surface area (Å²) in [5, 5.41) is 8.72. The smallest absolute Gasteiger partial charge is 0.303 e. The molecule has 0 saturated carbocycles. The minimum Gasteiger partial charge on any atom is -0.481 e. The predicted octanol–water partition coefficient (Wildman–Crippen LogP) is 4.60. The van der Waals surface area contributed by atoms with E-state index in [0.717, 1.165) is 6.42 Å². The van der Waals surface area contributed by atoms with Crippen LogP contribution in [0.1, 0.15) is 50.7 Å². The van der Waals surface area contributed by atoms with Gasteiger partial charge in [0.05, 0.1) is 4.91 Å². The SMILES string of the molecule is CC(/C=C1\SC(=S)N(CCCC(=O)O)C1=O)Cc1ccc(C(C)C)cc1. The summed E-state index contributed by atoms with van der Waals surface area (Å²) in [4.78, 5) is 25.3. The minimum atomic E-state index is -0.858. The molecular weight excluding hydrogens is 366 g/mol. The Labute approximate surface area is 164 Å². The van der Waals surface area contributed by atoms with E-state index in [9.17, 15) is 9.59 Å². The number of carboxylic acid groups (broad SMARTS) is 1. The molecule has 6 heteroatoms.